The molecule has 5 N–H and O–H groups in total. The van der Waals surface area contributed by atoms with Crippen LogP contribution < -0.4 is 21.1 Å². The molecule has 2 aromatic rings. The fourth-order valence-corrected chi connectivity index (χ4v) is 3.83. The van der Waals surface area contributed by atoms with Gasteiger partial charge in [0.15, 0.2) is 0 Å². The van der Waals surface area contributed by atoms with Gasteiger partial charge in [0.05, 0.1) is 10.6 Å². The molecule has 0 aromatic heterocycles. The van der Waals surface area contributed by atoms with E-state index in [9.17, 15) is 18.0 Å². The van der Waals surface area contributed by atoms with E-state index in [0.717, 1.165) is 0 Å². The SMILES string of the molecule is CCC(C)C(NC(N)=O)C(=O)Nc1ccc(C)c(NS(=O)(=O)c2ccccc2)c1. The molecule has 3 amide bonds. The smallest absolute Gasteiger partial charge is 0.312 e. The van der Waals surface area contributed by atoms with E-state index < -0.39 is 28.0 Å². The van der Waals surface area contributed by atoms with Crippen LogP contribution in [0, 0.1) is 12.8 Å². The molecule has 0 radical (unpaired) electrons. The molecule has 2 rings (SSSR count). The summed E-state index contributed by atoms with van der Waals surface area (Å²) in [6.45, 7) is 5.48. The van der Waals surface area contributed by atoms with Crippen LogP contribution in [-0.4, -0.2) is 26.4 Å². The average Bonchev–Trinajstić information content (AvgIpc) is 2.68. The molecule has 0 aliphatic rings. The zero-order valence-electron chi connectivity index (χ0n) is 16.6. The summed E-state index contributed by atoms with van der Waals surface area (Å²) >= 11 is 0. The predicted octanol–water partition coefficient (Wildman–Crippen LogP) is 2.82. The van der Waals surface area contributed by atoms with E-state index in [4.69, 9.17) is 5.73 Å². The molecule has 2 unspecified atom stereocenters. The third kappa shape index (κ3) is 5.95. The number of carbonyl (C=O) groups excluding carboxylic acids is 2. The van der Waals surface area contributed by atoms with Crippen molar-refractivity contribution in [3.63, 3.8) is 0 Å². The van der Waals surface area contributed by atoms with Gasteiger partial charge in [-0.2, -0.15) is 0 Å². The normalized spacial score (nSPS) is 13.2. The third-order valence-corrected chi connectivity index (χ3v) is 5.98. The topological polar surface area (TPSA) is 130 Å². The number of nitrogens with two attached hydrogens (primary N) is 1. The number of nitrogens with one attached hydrogen (secondary N) is 3. The second kappa shape index (κ2) is 9.42. The van der Waals surface area contributed by atoms with E-state index in [1.54, 1.807) is 37.3 Å². The van der Waals surface area contributed by atoms with Crippen LogP contribution in [0.5, 0.6) is 0 Å². The molecule has 0 aliphatic carbocycles. The second-order valence-electron chi connectivity index (χ2n) is 6.81. The fraction of sp³-hybridized carbons (Fsp3) is 0.300. The van der Waals surface area contributed by atoms with E-state index in [-0.39, 0.29) is 10.8 Å². The Hall–Kier alpha value is -3.07. The minimum Gasteiger partial charge on any atom is -0.352 e. The number of rotatable bonds is 8. The monoisotopic (exact) mass is 418 g/mol. The Balaban J connectivity index is 2.24. The Morgan fingerprint density at radius 1 is 1.10 bits per heavy atom. The van der Waals surface area contributed by atoms with Crippen LogP contribution in [0.2, 0.25) is 0 Å². The number of aryl methyl sites for hydroxylation is 1. The predicted molar refractivity (Wildman–Crippen MR) is 113 cm³/mol. The molecule has 0 bridgehead atoms. The van der Waals surface area contributed by atoms with E-state index in [1.807, 2.05) is 13.8 Å². The van der Waals surface area contributed by atoms with Gasteiger partial charge < -0.3 is 16.4 Å². The molecular formula is C20H26N4O4S. The van der Waals surface area contributed by atoms with Gasteiger partial charge in [-0.1, -0.05) is 44.5 Å². The van der Waals surface area contributed by atoms with E-state index in [1.165, 1.54) is 18.2 Å². The van der Waals surface area contributed by atoms with E-state index >= 15 is 0 Å². The summed E-state index contributed by atoms with van der Waals surface area (Å²) in [4.78, 5) is 24.0. The number of sulfonamides is 1. The van der Waals surface area contributed by atoms with Crippen LogP contribution in [0.15, 0.2) is 53.4 Å². The fourth-order valence-electron chi connectivity index (χ4n) is 2.69. The standard InChI is InChI=1S/C20H26N4O4S/c1-4-13(2)18(23-20(21)26)19(25)22-15-11-10-14(3)17(12-15)24-29(27,28)16-8-6-5-7-9-16/h5-13,18,24H,4H2,1-3H3,(H,22,25)(H3,21,23,26). The van der Waals surface area contributed by atoms with Gasteiger partial charge in [-0.15, -0.1) is 0 Å². The van der Waals surface area contributed by atoms with Gasteiger partial charge >= 0.3 is 6.03 Å². The van der Waals surface area contributed by atoms with Gasteiger partial charge in [0.25, 0.3) is 10.0 Å². The van der Waals surface area contributed by atoms with Crippen LogP contribution in [-0.2, 0) is 14.8 Å². The van der Waals surface area contributed by atoms with Crippen LogP contribution in [0.1, 0.15) is 25.8 Å². The molecule has 29 heavy (non-hydrogen) atoms. The van der Waals surface area contributed by atoms with Crippen molar-refractivity contribution in [1.29, 1.82) is 0 Å². The summed E-state index contributed by atoms with van der Waals surface area (Å²) in [5.74, 6) is -0.567. The lowest BCUT2D eigenvalue weighted by Gasteiger charge is -2.23. The highest BCUT2D eigenvalue weighted by atomic mass is 32.2. The van der Waals surface area contributed by atoms with Crippen molar-refractivity contribution >= 4 is 33.3 Å². The molecule has 0 saturated heterocycles. The molecule has 8 nitrogen and oxygen atoms in total. The number of anilines is 2. The summed E-state index contributed by atoms with van der Waals surface area (Å²) in [5.41, 5.74) is 6.61. The van der Waals surface area contributed by atoms with Gasteiger partial charge in [-0.3, -0.25) is 9.52 Å². The molecule has 0 aliphatic heterocycles. The molecule has 0 spiro atoms. The van der Waals surface area contributed by atoms with Crippen molar-refractivity contribution in [3.8, 4) is 0 Å². The quantitative estimate of drug-likeness (QED) is 0.525. The number of hydrogen-bond donors (Lipinski definition) is 4. The summed E-state index contributed by atoms with van der Waals surface area (Å²) in [5, 5.41) is 5.16. The Morgan fingerprint density at radius 2 is 1.76 bits per heavy atom. The molecule has 2 atom stereocenters. The summed E-state index contributed by atoms with van der Waals surface area (Å²) in [6, 6.07) is 11.3. The molecule has 9 heteroatoms. The average molecular weight is 419 g/mol. The van der Waals surface area contributed by atoms with Gasteiger partial charge in [0, 0.05) is 5.69 Å². The van der Waals surface area contributed by atoms with Crippen LogP contribution in [0.3, 0.4) is 0 Å². The number of carbonyl (C=O) groups is 2. The highest BCUT2D eigenvalue weighted by Gasteiger charge is 2.25. The lowest BCUT2D eigenvalue weighted by atomic mass is 9.98. The van der Waals surface area contributed by atoms with Gasteiger partial charge in [-0.05, 0) is 42.7 Å². The molecule has 0 heterocycles. The summed E-state index contributed by atoms with van der Waals surface area (Å²) in [7, 11) is -3.77. The molecule has 156 valence electrons. The summed E-state index contributed by atoms with van der Waals surface area (Å²) < 4.78 is 27.7. The largest absolute Gasteiger partial charge is 0.352 e. The van der Waals surface area contributed by atoms with Crippen molar-refractivity contribution in [3.05, 3.63) is 54.1 Å². The zero-order chi connectivity index (χ0) is 21.6. The molecule has 0 fully saturated rings. The van der Waals surface area contributed by atoms with Crippen LogP contribution >= 0.6 is 0 Å². The number of urea groups is 1. The van der Waals surface area contributed by atoms with Gasteiger partial charge in [0.2, 0.25) is 5.91 Å². The maximum atomic E-state index is 12.6. The molecular weight excluding hydrogens is 392 g/mol. The Bertz CT molecular complexity index is 977. The first kappa shape index (κ1) is 22.2. The van der Waals surface area contributed by atoms with Crippen molar-refractivity contribution in [2.24, 2.45) is 11.7 Å². The van der Waals surface area contributed by atoms with Crippen molar-refractivity contribution in [2.45, 2.75) is 38.1 Å². The molecule has 2 aromatic carbocycles. The number of primary amides is 1. The zero-order valence-corrected chi connectivity index (χ0v) is 17.4. The maximum Gasteiger partial charge on any atom is 0.312 e. The number of benzene rings is 2. The Kier molecular flexibility index (Phi) is 7.22. The third-order valence-electron chi connectivity index (χ3n) is 4.60. The van der Waals surface area contributed by atoms with Gasteiger partial charge in [0.1, 0.15) is 6.04 Å². The highest BCUT2D eigenvalue weighted by molar-refractivity contribution is 7.92. The van der Waals surface area contributed by atoms with Crippen molar-refractivity contribution in [2.75, 3.05) is 10.0 Å². The summed E-state index contributed by atoms with van der Waals surface area (Å²) in [6.07, 6.45) is 0.661. The van der Waals surface area contributed by atoms with Crippen LogP contribution in [0.25, 0.3) is 0 Å². The van der Waals surface area contributed by atoms with Crippen molar-refractivity contribution < 1.29 is 18.0 Å². The van der Waals surface area contributed by atoms with E-state index in [0.29, 0.717) is 23.4 Å². The van der Waals surface area contributed by atoms with E-state index in [2.05, 4.69) is 15.4 Å². The maximum absolute atomic E-state index is 12.6. The lowest BCUT2D eigenvalue weighted by Crippen LogP contribution is -2.49. The number of amides is 3. The van der Waals surface area contributed by atoms with Gasteiger partial charge in [-0.25, -0.2) is 13.2 Å². The first-order valence-electron chi connectivity index (χ1n) is 9.19. The van der Waals surface area contributed by atoms with Crippen LogP contribution in [0.4, 0.5) is 16.2 Å². The van der Waals surface area contributed by atoms with Crippen molar-refractivity contribution in [1.82, 2.24) is 5.32 Å². The highest BCUT2D eigenvalue weighted by Crippen LogP contribution is 2.24. The first-order chi connectivity index (χ1) is 13.6. The second-order valence-corrected chi connectivity index (χ2v) is 8.49. The lowest BCUT2D eigenvalue weighted by molar-refractivity contribution is -0.119. The minimum absolute atomic E-state index is 0.135. The first-order valence-corrected chi connectivity index (χ1v) is 10.7. The molecule has 0 saturated carbocycles. The Morgan fingerprint density at radius 3 is 2.34 bits per heavy atom. The number of hydrogen-bond acceptors (Lipinski definition) is 4. The Labute approximate surface area is 170 Å². The minimum atomic E-state index is -3.77.